The van der Waals surface area contributed by atoms with Gasteiger partial charge in [-0.05, 0) is 18.4 Å². The summed E-state index contributed by atoms with van der Waals surface area (Å²) in [5, 5.41) is 20.0. The van der Waals surface area contributed by atoms with Crippen LogP contribution in [0.2, 0.25) is 0 Å². The van der Waals surface area contributed by atoms with Crippen LogP contribution in [0.1, 0.15) is 28.8 Å². The van der Waals surface area contributed by atoms with Gasteiger partial charge in [-0.2, -0.15) is 0 Å². The van der Waals surface area contributed by atoms with E-state index in [1.54, 1.807) is 0 Å². The third-order valence-electron chi connectivity index (χ3n) is 3.12. The Kier molecular flexibility index (Phi) is 4.65. The maximum absolute atomic E-state index is 11.2. The van der Waals surface area contributed by atoms with E-state index in [2.05, 4.69) is 0 Å². The molecule has 1 aliphatic heterocycles. The van der Waals surface area contributed by atoms with E-state index in [0.717, 1.165) is 12.8 Å². The molecule has 1 aromatic rings. The van der Waals surface area contributed by atoms with Gasteiger partial charge in [-0.3, -0.25) is 10.1 Å². The molecule has 2 rings (SSSR count). The Labute approximate surface area is 115 Å². The van der Waals surface area contributed by atoms with Gasteiger partial charge < -0.3 is 14.6 Å². The molecule has 108 valence electrons. The number of aromatic carboxylic acids is 1. The second-order valence-corrected chi connectivity index (χ2v) is 4.52. The minimum Gasteiger partial charge on any atom is -0.477 e. The number of benzene rings is 1. The van der Waals surface area contributed by atoms with Crippen molar-refractivity contribution in [2.75, 3.05) is 13.2 Å². The molecule has 1 fully saturated rings. The number of nitro benzene ring substituents is 1. The summed E-state index contributed by atoms with van der Waals surface area (Å²) in [6.45, 7) is 1.09. The molecule has 1 saturated heterocycles. The number of nitrogens with zero attached hydrogens (tertiary/aromatic N) is 1. The zero-order valence-electron chi connectivity index (χ0n) is 10.8. The molecule has 0 amide bonds. The average molecular weight is 281 g/mol. The second kappa shape index (κ2) is 6.44. The highest BCUT2D eigenvalue weighted by Gasteiger charge is 2.23. The molecule has 1 N–H and O–H groups in total. The molecule has 0 spiro atoms. The molecule has 0 radical (unpaired) electrons. The first-order chi connectivity index (χ1) is 9.59. The van der Waals surface area contributed by atoms with E-state index >= 15 is 0 Å². The van der Waals surface area contributed by atoms with Crippen LogP contribution in [0.15, 0.2) is 18.2 Å². The molecule has 0 aliphatic carbocycles. The fraction of sp³-hybridized carbons (Fsp3) is 0.462. The standard InChI is InChI=1S/C13H15NO6/c15-13(16)12-9(3-1-5-11(12)14(17)18)7-19-8-10-4-2-6-20-10/h1,3,5,10H,2,4,6-8H2,(H,15,16). The van der Waals surface area contributed by atoms with Gasteiger partial charge in [0.2, 0.25) is 0 Å². The predicted octanol–water partition coefficient (Wildman–Crippen LogP) is 1.99. The van der Waals surface area contributed by atoms with E-state index in [9.17, 15) is 14.9 Å². The lowest BCUT2D eigenvalue weighted by molar-refractivity contribution is -0.385. The fourth-order valence-corrected chi connectivity index (χ4v) is 2.18. The molecule has 1 unspecified atom stereocenters. The van der Waals surface area contributed by atoms with Gasteiger partial charge in [0.15, 0.2) is 0 Å². The van der Waals surface area contributed by atoms with Crippen molar-refractivity contribution in [1.29, 1.82) is 0 Å². The van der Waals surface area contributed by atoms with Crippen LogP contribution in [0.4, 0.5) is 5.69 Å². The number of carboxylic acid groups (broad SMARTS) is 1. The van der Waals surface area contributed by atoms with Crippen molar-refractivity contribution in [3.05, 3.63) is 39.4 Å². The van der Waals surface area contributed by atoms with Crippen LogP contribution in [0, 0.1) is 10.1 Å². The lowest BCUT2D eigenvalue weighted by atomic mass is 10.1. The Bertz CT molecular complexity index is 510. The molecule has 7 nitrogen and oxygen atoms in total. The maximum atomic E-state index is 11.2. The van der Waals surface area contributed by atoms with Gasteiger partial charge in [0, 0.05) is 12.7 Å². The highest BCUT2D eigenvalue weighted by atomic mass is 16.6. The number of rotatable bonds is 6. The Morgan fingerprint density at radius 1 is 1.55 bits per heavy atom. The minimum atomic E-state index is -1.33. The zero-order chi connectivity index (χ0) is 14.5. The summed E-state index contributed by atoms with van der Waals surface area (Å²) in [5.41, 5.74) is -0.440. The summed E-state index contributed by atoms with van der Waals surface area (Å²) < 4.78 is 10.8. The highest BCUT2D eigenvalue weighted by molar-refractivity contribution is 5.94. The summed E-state index contributed by atoms with van der Waals surface area (Å²) in [7, 11) is 0. The monoisotopic (exact) mass is 281 g/mol. The van der Waals surface area contributed by atoms with Crippen LogP contribution in [0.3, 0.4) is 0 Å². The predicted molar refractivity (Wildman–Crippen MR) is 68.7 cm³/mol. The number of carbonyl (C=O) groups is 1. The van der Waals surface area contributed by atoms with Gasteiger partial charge in [-0.15, -0.1) is 0 Å². The van der Waals surface area contributed by atoms with Crippen LogP contribution in [-0.2, 0) is 16.1 Å². The summed E-state index contributed by atoms with van der Waals surface area (Å²) in [4.78, 5) is 21.3. The average Bonchev–Trinajstić information content (AvgIpc) is 2.91. The molecule has 1 atom stereocenters. The van der Waals surface area contributed by atoms with Crippen molar-refractivity contribution in [2.45, 2.75) is 25.6 Å². The van der Waals surface area contributed by atoms with E-state index in [1.165, 1.54) is 18.2 Å². The Morgan fingerprint density at radius 3 is 2.95 bits per heavy atom. The third-order valence-corrected chi connectivity index (χ3v) is 3.12. The summed E-state index contributed by atoms with van der Waals surface area (Å²) in [5.74, 6) is -1.33. The van der Waals surface area contributed by atoms with Crippen molar-refractivity contribution in [3.8, 4) is 0 Å². The van der Waals surface area contributed by atoms with E-state index in [-0.39, 0.29) is 18.3 Å². The van der Waals surface area contributed by atoms with Crippen LogP contribution >= 0.6 is 0 Å². The Hall–Kier alpha value is -1.99. The second-order valence-electron chi connectivity index (χ2n) is 4.52. The van der Waals surface area contributed by atoms with Crippen molar-refractivity contribution in [3.63, 3.8) is 0 Å². The largest absolute Gasteiger partial charge is 0.477 e. The summed E-state index contributed by atoms with van der Waals surface area (Å²) in [6.07, 6.45) is 1.94. The van der Waals surface area contributed by atoms with Gasteiger partial charge in [-0.25, -0.2) is 4.79 Å². The van der Waals surface area contributed by atoms with E-state index in [4.69, 9.17) is 14.6 Å². The zero-order valence-corrected chi connectivity index (χ0v) is 10.8. The molecule has 0 saturated carbocycles. The fourth-order valence-electron chi connectivity index (χ4n) is 2.18. The summed E-state index contributed by atoms with van der Waals surface area (Å²) >= 11 is 0. The van der Waals surface area contributed by atoms with Crippen molar-refractivity contribution in [1.82, 2.24) is 0 Å². The van der Waals surface area contributed by atoms with E-state index in [0.29, 0.717) is 18.8 Å². The van der Waals surface area contributed by atoms with Crippen molar-refractivity contribution < 1.29 is 24.3 Å². The molecule has 1 aliphatic rings. The smallest absolute Gasteiger partial charge is 0.343 e. The molecule has 1 aromatic carbocycles. The number of hydrogen-bond acceptors (Lipinski definition) is 5. The lowest BCUT2D eigenvalue weighted by Gasteiger charge is -2.11. The lowest BCUT2D eigenvalue weighted by Crippen LogP contribution is -2.15. The topological polar surface area (TPSA) is 98.9 Å². The Balaban J connectivity index is 2.08. The van der Waals surface area contributed by atoms with Gasteiger partial charge in [0.25, 0.3) is 5.69 Å². The number of carboxylic acids is 1. The van der Waals surface area contributed by atoms with Crippen LogP contribution in [0.5, 0.6) is 0 Å². The molecular weight excluding hydrogens is 266 g/mol. The third kappa shape index (κ3) is 3.31. The van der Waals surface area contributed by atoms with Crippen molar-refractivity contribution in [2.24, 2.45) is 0 Å². The molecule has 0 bridgehead atoms. The first-order valence-electron chi connectivity index (χ1n) is 6.28. The van der Waals surface area contributed by atoms with Gasteiger partial charge in [0.05, 0.1) is 24.2 Å². The van der Waals surface area contributed by atoms with Crippen molar-refractivity contribution >= 4 is 11.7 Å². The quantitative estimate of drug-likeness (QED) is 0.632. The first-order valence-corrected chi connectivity index (χ1v) is 6.28. The molecule has 1 heterocycles. The van der Waals surface area contributed by atoms with Crippen LogP contribution in [-0.4, -0.2) is 35.3 Å². The van der Waals surface area contributed by atoms with Crippen LogP contribution < -0.4 is 0 Å². The van der Waals surface area contributed by atoms with E-state index in [1.807, 2.05) is 0 Å². The normalized spacial score (nSPS) is 18.1. The van der Waals surface area contributed by atoms with E-state index < -0.39 is 16.6 Å². The number of nitro groups is 1. The van der Waals surface area contributed by atoms with Gasteiger partial charge >= 0.3 is 5.97 Å². The minimum absolute atomic E-state index is 0.0170. The first kappa shape index (κ1) is 14.4. The maximum Gasteiger partial charge on any atom is 0.343 e. The molecule has 20 heavy (non-hydrogen) atoms. The summed E-state index contributed by atoms with van der Waals surface area (Å²) in [6, 6.07) is 4.15. The Morgan fingerprint density at radius 2 is 2.35 bits per heavy atom. The molecule has 0 aromatic heterocycles. The number of ether oxygens (including phenoxy) is 2. The number of hydrogen-bond donors (Lipinski definition) is 1. The van der Waals surface area contributed by atoms with Gasteiger partial charge in [0.1, 0.15) is 5.56 Å². The molecule has 7 heteroatoms. The highest BCUT2D eigenvalue weighted by Crippen LogP contribution is 2.23. The SMILES string of the molecule is O=C(O)c1c(COCC2CCCO2)cccc1[N+](=O)[O-]. The van der Waals surface area contributed by atoms with Gasteiger partial charge in [-0.1, -0.05) is 12.1 Å². The van der Waals surface area contributed by atoms with Crippen LogP contribution in [0.25, 0.3) is 0 Å². The molecular formula is C13H15NO6.